The van der Waals surface area contributed by atoms with Crippen LogP contribution < -0.4 is 5.32 Å². The van der Waals surface area contributed by atoms with E-state index >= 15 is 0 Å². The van der Waals surface area contributed by atoms with Crippen molar-refractivity contribution in [1.82, 2.24) is 14.5 Å². The summed E-state index contributed by atoms with van der Waals surface area (Å²) in [5.74, 6) is -1.80. The zero-order chi connectivity index (χ0) is 24.6. The molecule has 0 unspecified atom stereocenters. The van der Waals surface area contributed by atoms with E-state index in [1.54, 1.807) is 25.1 Å². The Labute approximate surface area is 202 Å². The molecular weight excluding hydrogens is 510 g/mol. The minimum atomic E-state index is -4.15. The minimum absolute atomic E-state index is 0.0300. The summed E-state index contributed by atoms with van der Waals surface area (Å²) < 4.78 is 27.2. The van der Waals surface area contributed by atoms with Gasteiger partial charge in [-0.1, -0.05) is 40.2 Å². The molecular formula is C23H26BrN3O5S. The number of hydrogen-bond donors (Lipinski definition) is 1. The van der Waals surface area contributed by atoms with Crippen molar-refractivity contribution in [3.63, 3.8) is 0 Å². The van der Waals surface area contributed by atoms with Crippen LogP contribution in [0.5, 0.6) is 0 Å². The van der Waals surface area contributed by atoms with Crippen molar-refractivity contribution in [2.24, 2.45) is 0 Å². The van der Waals surface area contributed by atoms with Gasteiger partial charge in [0.25, 0.3) is 15.9 Å². The highest BCUT2D eigenvalue weighted by Gasteiger charge is 2.43. The van der Waals surface area contributed by atoms with Gasteiger partial charge in [-0.2, -0.15) is 0 Å². The van der Waals surface area contributed by atoms with Crippen LogP contribution >= 0.6 is 15.9 Å². The van der Waals surface area contributed by atoms with Crippen molar-refractivity contribution in [2.75, 3.05) is 6.54 Å². The molecule has 0 saturated heterocycles. The highest BCUT2D eigenvalue weighted by Crippen LogP contribution is 2.30. The smallest absolute Gasteiger partial charge is 0.269 e. The minimum Gasteiger partial charge on any atom is -0.350 e. The zero-order valence-electron chi connectivity index (χ0n) is 18.8. The Balaban J connectivity index is 1.91. The molecule has 8 nitrogen and oxygen atoms in total. The summed E-state index contributed by atoms with van der Waals surface area (Å²) in [5, 5.41) is 2.84. The van der Waals surface area contributed by atoms with Crippen LogP contribution in [-0.2, 0) is 26.2 Å². The Morgan fingerprint density at radius 2 is 1.79 bits per heavy atom. The summed E-state index contributed by atoms with van der Waals surface area (Å²) in [6.07, 6.45) is 0. The molecule has 0 spiro atoms. The third kappa shape index (κ3) is 5.44. The second kappa shape index (κ2) is 9.26. The molecule has 10 heteroatoms. The number of hydrogen-bond acceptors (Lipinski definition) is 5. The normalized spacial score (nSPS) is 15.7. The van der Waals surface area contributed by atoms with E-state index in [1.807, 2.05) is 32.9 Å². The molecule has 0 fully saturated rings. The van der Waals surface area contributed by atoms with Crippen LogP contribution in [0.2, 0.25) is 0 Å². The fourth-order valence-electron chi connectivity index (χ4n) is 3.49. The van der Waals surface area contributed by atoms with Crippen LogP contribution in [-0.4, -0.2) is 53.5 Å². The molecule has 1 aliphatic rings. The summed E-state index contributed by atoms with van der Waals surface area (Å²) in [6.45, 7) is 6.41. The third-order valence-electron chi connectivity index (χ3n) is 5.10. The van der Waals surface area contributed by atoms with Crippen molar-refractivity contribution < 1.29 is 22.8 Å². The van der Waals surface area contributed by atoms with Gasteiger partial charge in [0.1, 0.15) is 17.5 Å². The maximum atomic E-state index is 13.4. The van der Waals surface area contributed by atoms with Gasteiger partial charge in [-0.25, -0.2) is 12.7 Å². The molecule has 0 saturated carbocycles. The number of benzene rings is 2. The monoisotopic (exact) mass is 535 g/mol. The average molecular weight is 536 g/mol. The topological polar surface area (TPSA) is 104 Å². The summed E-state index contributed by atoms with van der Waals surface area (Å²) in [5.41, 5.74) is 0.250. The number of sulfonamides is 1. The molecule has 3 amide bonds. The summed E-state index contributed by atoms with van der Waals surface area (Å²) in [7, 11) is -4.15. The molecule has 0 bridgehead atoms. The van der Waals surface area contributed by atoms with Crippen LogP contribution in [0.4, 0.5) is 0 Å². The van der Waals surface area contributed by atoms with Crippen molar-refractivity contribution in [1.29, 1.82) is 0 Å². The molecule has 0 aromatic heterocycles. The summed E-state index contributed by atoms with van der Waals surface area (Å²) in [4.78, 5) is 40.1. The molecule has 1 N–H and O–H groups in total. The number of carbonyl (C=O) groups is 3. The van der Waals surface area contributed by atoms with E-state index in [0.717, 1.165) is 10.0 Å². The van der Waals surface area contributed by atoms with Gasteiger partial charge in [0, 0.05) is 16.6 Å². The molecule has 1 atom stereocenters. The lowest BCUT2D eigenvalue weighted by Crippen LogP contribution is -2.54. The van der Waals surface area contributed by atoms with Gasteiger partial charge in [0.15, 0.2) is 0 Å². The predicted molar refractivity (Wildman–Crippen MR) is 127 cm³/mol. The number of amides is 3. The molecule has 0 radical (unpaired) electrons. The van der Waals surface area contributed by atoms with E-state index in [9.17, 15) is 22.8 Å². The zero-order valence-corrected chi connectivity index (χ0v) is 21.2. The molecule has 0 aliphatic carbocycles. The predicted octanol–water partition coefficient (Wildman–Crippen LogP) is 2.93. The van der Waals surface area contributed by atoms with Crippen LogP contribution in [0, 0.1) is 0 Å². The highest BCUT2D eigenvalue weighted by atomic mass is 79.9. The fourth-order valence-corrected chi connectivity index (χ4v) is 5.45. The van der Waals surface area contributed by atoms with Gasteiger partial charge in [-0.3, -0.25) is 14.4 Å². The maximum Gasteiger partial charge on any atom is 0.269 e. The quantitative estimate of drug-likeness (QED) is 0.612. The Morgan fingerprint density at radius 1 is 1.12 bits per heavy atom. The van der Waals surface area contributed by atoms with Crippen molar-refractivity contribution in [3.8, 4) is 0 Å². The standard InChI is InChI=1S/C23H26BrN3O5S/c1-15(21(29)25-23(2,3)4)26(13-16-8-7-9-17(24)12-16)20(28)14-27-22(30)18-10-5-6-11-19(18)33(27,31)32/h5-12,15H,13-14H2,1-4H3,(H,25,29)/t15-/m1/s1. The molecule has 2 aromatic rings. The summed E-state index contributed by atoms with van der Waals surface area (Å²) in [6, 6.07) is 12.2. The lowest BCUT2D eigenvalue weighted by Gasteiger charge is -2.32. The molecule has 1 heterocycles. The lowest BCUT2D eigenvalue weighted by atomic mass is 10.1. The Morgan fingerprint density at radius 3 is 2.39 bits per heavy atom. The van der Waals surface area contributed by atoms with E-state index in [2.05, 4.69) is 21.2 Å². The second-order valence-electron chi connectivity index (χ2n) is 8.88. The largest absolute Gasteiger partial charge is 0.350 e. The van der Waals surface area contributed by atoms with Crippen molar-refractivity contribution in [2.45, 2.75) is 50.7 Å². The number of nitrogens with zero attached hydrogens (tertiary/aromatic N) is 2. The van der Waals surface area contributed by atoms with Crippen LogP contribution in [0.25, 0.3) is 0 Å². The first-order chi connectivity index (χ1) is 15.3. The summed E-state index contributed by atoms with van der Waals surface area (Å²) >= 11 is 3.39. The highest BCUT2D eigenvalue weighted by molar-refractivity contribution is 9.10. The molecule has 1 aliphatic heterocycles. The van der Waals surface area contributed by atoms with Crippen molar-refractivity contribution in [3.05, 3.63) is 64.1 Å². The molecule has 33 heavy (non-hydrogen) atoms. The number of carbonyl (C=O) groups excluding carboxylic acids is 3. The second-order valence-corrected chi connectivity index (χ2v) is 11.6. The first-order valence-electron chi connectivity index (χ1n) is 10.3. The van der Waals surface area contributed by atoms with Crippen LogP contribution in [0.3, 0.4) is 0 Å². The first kappa shape index (κ1) is 24.9. The fraction of sp³-hybridized carbons (Fsp3) is 0.348. The number of halogens is 1. The van der Waals surface area contributed by atoms with Gasteiger partial charge < -0.3 is 10.2 Å². The third-order valence-corrected chi connectivity index (χ3v) is 7.38. The van der Waals surface area contributed by atoms with Gasteiger partial charge in [-0.15, -0.1) is 0 Å². The maximum absolute atomic E-state index is 13.4. The van der Waals surface area contributed by atoms with Gasteiger partial charge >= 0.3 is 0 Å². The lowest BCUT2D eigenvalue weighted by molar-refractivity contribution is -0.141. The average Bonchev–Trinajstić information content (AvgIpc) is 2.91. The van der Waals surface area contributed by atoms with Gasteiger partial charge in [-0.05, 0) is 57.5 Å². The Hall–Kier alpha value is -2.72. The van der Waals surface area contributed by atoms with Crippen LogP contribution in [0.15, 0.2) is 57.9 Å². The van der Waals surface area contributed by atoms with Gasteiger partial charge in [0.05, 0.1) is 5.56 Å². The SMILES string of the molecule is C[C@H](C(=O)NC(C)(C)C)N(Cc1cccc(Br)c1)C(=O)CN1C(=O)c2ccccc2S1(=O)=O. The number of fused-ring (bicyclic) bond motifs is 1. The molecule has 176 valence electrons. The Kier molecular flexibility index (Phi) is 6.99. The van der Waals surface area contributed by atoms with Gasteiger partial charge in [0.2, 0.25) is 11.8 Å². The molecule has 2 aromatic carbocycles. The Bertz CT molecular complexity index is 1210. The van der Waals surface area contributed by atoms with E-state index in [0.29, 0.717) is 4.31 Å². The first-order valence-corrected chi connectivity index (χ1v) is 12.6. The van der Waals surface area contributed by atoms with Crippen LogP contribution in [0.1, 0.15) is 43.6 Å². The van der Waals surface area contributed by atoms with E-state index in [-0.39, 0.29) is 22.9 Å². The molecule has 3 rings (SSSR count). The number of rotatable bonds is 6. The van der Waals surface area contributed by atoms with E-state index in [4.69, 9.17) is 0 Å². The number of nitrogens with one attached hydrogen (secondary N) is 1. The van der Waals surface area contributed by atoms with E-state index < -0.39 is 40.0 Å². The van der Waals surface area contributed by atoms with E-state index in [1.165, 1.54) is 23.1 Å². The van der Waals surface area contributed by atoms with Crippen molar-refractivity contribution >= 4 is 43.7 Å².